The molecular weight excluding hydrogens is 671 g/mol. The van der Waals surface area contributed by atoms with Crippen molar-refractivity contribution in [1.29, 1.82) is 0 Å². The average Bonchev–Trinajstić information content (AvgIpc) is 3.22. The Kier molecular flexibility index (Phi) is 7.50. The number of nitrogens with zero attached hydrogens (tertiary/aromatic N) is 1. The van der Waals surface area contributed by atoms with Crippen LogP contribution in [-0.4, -0.2) is 0 Å². The normalized spacial score (nSPS) is 14.4. The number of ether oxygens (including phenoxy) is 2. The first-order chi connectivity index (χ1) is 26.8. The summed E-state index contributed by atoms with van der Waals surface area (Å²) in [5.74, 6) is 3.48. The molecule has 2 aliphatic heterocycles. The van der Waals surface area contributed by atoms with Gasteiger partial charge in [-0.25, -0.2) is 0 Å². The Labute approximate surface area is 323 Å². The number of hydrogen-bond donors (Lipinski definition) is 0. The zero-order valence-corrected chi connectivity index (χ0v) is 31.5. The lowest BCUT2D eigenvalue weighted by Gasteiger charge is -2.39. The van der Waals surface area contributed by atoms with Gasteiger partial charge in [-0.05, 0) is 69.4 Å². The molecule has 0 unspecified atom stereocenters. The highest BCUT2D eigenvalue weighted by Gasteiger charge is 2.39. The van der Waals surface area contributed by atoms with Crippen LogP contribution in [0.1, 0.15) is 49.9 Å². The molecule has 10 rings (SSSR count). The van der Waals surface area contributed by atoms with Crippen LogP contribution < -0.4 is 14.4 Å². The van der Waals surface area contributed by atoms with Gasteiger partial charge in [0.05, 0.1) is 11.4 Å². The monoisotopic (exact) mass is 711 g/mol. The molecule has 55 heavy (non-hydrogen) atoms. The molecule has 0 spiro atoms. The first-order valence-electron chi connectivity index (χ1n) is 19.1. The van der Waals surface area contributed by atoms with Gasteiger partial charge in [0.15, 0.2) is 11.5 Å². The van der Waals surface area contributed by atoms with Crippen molar-refractivity contribution in [2.75, 3.05) is 4.90 Å². The molecule has 8 aromatic carbocycles. The lowest BCUT2D eigenvalue weighted by Crippen LogP contribution is -2.27. The highest BCUT2D eigenvalue weighted by atomic mass is 16.5. The number of para-hydroxylation sites is 4. The fourth-order valence-corrected chi connectivity index (χ4v) is 8.78. The summed E-state index contributed by atoms with van der Waals surface area (Å²) in [7, 11) is 0. The summed E-state index contributed by atoms with van der Waals surface area (Å²) in [5, 5.41) is 2.51. The number of anilines is 3. The third kappa shape index (κ3) is 5.26. The Morgan fingerprint density at radius 1 is 0.382 bits per heavy atom. The fourth-order valence-electron chi connectivity index (χ4n) is 8.78. The van der Waals surface area contributed by atoms with Crippen LogP contribution in [0.25, 0.3) is 33.0 Å². The number of rotatable bonds is 5. The number of fused-ring (bicyclic) bond motifs is 5. The van der Waals surface area contributed by atoms with Crippen molar-refractivity contribution < 1.29 is 9.47 Å². The second kappa shape index (κ2) is 12.5. The minimum atomic E-state index is -0.262. The van der Waals surface area contributed by atoms with Gasteiger partial charge in [-0.1, -0.05) is 167 Å². The number of hydrogen-bond acceptors (Lipinski definition) is 3. The van der Waals surface area contributed by atoms with E-state index in [0.717, 1.165) is 56.8 Å². The predicted octanol–water partition coefficient (Wildman–Crippen LogP) is 14.5. The van der Waals surface area contributed by atoms with E-state index in [0.29, 0.717) is 0 Å². The van der Waals surface area contributed by atoms with Crippen molar-refractivity contribution in [2.24, 2.45) is 0 Å². The van der Waals surface area contributed by atoms with Crippen LogP contribution in [0.4, 0.5) is 17.1 Å². The molecule has 2 aliphatic rings. The Hall–Kier alpha value is -6.58. The molecule has 0 aromatic heterocycles. The van der Waals surface area contributed by atoms with Crippen molar-refractivity contribution in [2.45, 2.75) is 38.5 Å². The van der Waals surface area contributed by atoms with Crippen molar-refractivity contribution in [3.05, 3.63) is 198 Å². The molecule has 0 aliphatic carbocycles. The van der Waals surface area contributed by atoms with Gasteiger partial charge in [-0.2, -0.15) is 0 Å². The lowest BCUT2D eigenvalue weighted by molar-refractivity contribution is 0.416. The van der Waals surface area contributed by atoms with Crippen LogP contribution in [0.5, 0.6) is 23.0 Å². The van der Waals surface area contributed by atoms with Crippen molar-refractivity contribution in [3.63, 3.8) is 0 Å². The Morgan fingerprint density at radius 3 is 1.40 bits per heavy atom. The maximum absolute atomic E-state index is 6.89. The third-order valence-electron chi connectivity index (χ3n) is 11.8. The van der Waals surface area contributed by atoms with Crippen molar-refractivity contribution >= 4 is 27.8 Å². The predicted molar refractivity (Wildman–Crippen MR) is 227 cm³/mol. The summed E-state index contributed by atoms with van der Waals surface area (Å²) in [5.41, 5.74) is 11.8. The average molecular weight is 712 g/mol. The van der Waals surface area contributed by atoms with Gasteiger partial charge in [0.2, 0.25) is 0 Å². The van der Waals surface area contributed by atoms with Crippen LogP contribution in [-0.2, 0) is 10.8 Å². The van der Waals surface area contributed by atoms with E-state index in [1.807, 2.05) is 0 Å². The van der Waals surface area contributed by atoms with Gasteiger partial charge in [0, 0.05) is 38.8 Å². The first kappa shape index (κ1) is 33.0. The molecule has 0 bridgehead atoms. The largest absolute Gasteiger partial charge is 0.455 e. The molecule has 266 valence electrons. The highest BCUT2D eigenvalue weighted by Crippen LogP contribution is 2.57. The topological polar surface area (TPSA) is 21.7 Å². The van der Waals surface area contributed by atoms with Crippen LogP contribution in [0.2, 0.25) is 0 Å². The van der Waals surface area contributed by atoms with E-state index in [2.05, 4.69) is 209 Å². The van der Waals surface area contributed by atoms with Crippen LogP contribution in [0.15, 0.2) is 176 Å². The summed E-state index contributed by atoms with van der Waals surface area (Å²) in [6.45, 7) is 9.15. The van der Waals surface area contributed by atoms with Crippen LogP contribution >= 0.6 is 0 Å². The van der Waals surface area contributed by atoms with Gasteiger partial charge in [-0.15, -0.1) is 0 Å². The summed E-state index contributed by atoms with van der Waals surface area (Å²) < 4.78 is 13.8. The SMILES string of the molecule is CC1(C)c2ccccc2Oc2c(N(c3ccc(-c4ccc(-c5cccc6ccccc56)cc4)cc3)c3cccc4c3Oc3ccccc3C4(C)C)cccc21. The van der Waals surface area contributed by atoms with Crippen LogP contribution in [0.3, 0.4) is 0 Å². The molecule has 0 atom stereocenters. The molecule has 0 N–H and O–H groups in total. The van der Waals surface area contributed by atoms with E-state index >= 15 is 0 Å². The molecular formula is C52H41NO2. The molecule has 2 heterocycles. The van der Waals surface area contributed by atoms with E-state index < -0.39 is 0 Å². The van der Waals surface area contributed by atoms with Crippen LogP contribution in [0, 0.1) is 0 Å². The van der Waals surface area contributed by atoms with Crippen molar-refractivity contribution in [1.82, 2.24) is 0 Å². The maximum atomic E-state index is 6.89. The number of benzene rings is 8. The molecule has 0 radical (unpaired) electrons. The van der Waals surface area contributed by atoms with Gasteiger partial charge in [0.1, 0.15) is 11.5 Å². The Balaban J connectivity index is 1.10. The van der Waals surface area contributed by atoms with Gasteiger partial charge in [-0.3, -0.25) is 0 Å². The minimum Gasteiger partial charge on any atom is -0.455 e. The zero-order chi connectivity index (χ0) is 37.3. The molecule has 0 amide bonds. The molecule has 0 fully saturated rings. The van der Waals surface area contributed by atoms with E-state index in [9.17, 15) is 0 Å². The van der Waals surface area contributed by atoms with Crippen molar-refractivity contribution in [3.8, 4) is 45.3 Å². The molecule has 0 saturated carbocycles. The Bertz CT molecular complexity index is 2640. The second-order valence-corrected chi connectivity index (χ2v) is 15.7. The first-order valence-corrected chi connectivity index (χ1v) is 19.1. The van der Waals surface area contributed by atoms with E-state index in [-0.39, 0.29) is 10.8 Å². The molecule has 8 aromatic rings. The van der Waals surface area contributed by atoms with Gasteiger partial charge in [0.25, 0.3) is 0 Å². The highest BCUT2D eigenvalue weighted by molar-refractivity contribution is 5.97. The summed E-state index contributed by atoms with van der Waals surface area (Å²) in [6, 6.07) is 62.8. The minimum absolute atomic E-state index is 0.262. The molecule has 3 heteroatoms. The lowest BCUT2D eigenvalue weighted by atomic mass is 9.75. The summed E-state index contributed by atoms with van der Waals surface area (Å²) in [4.78, 5) is 2.32. The fraction of sp³-hybridized carbons (Fsp3) is 0.115. The van der Waals surface area contributed by atoms with Gasteiger partial charge >= 0.3 is 0 Å². The Morgan fingerprint density at radius 2 is 0.818 bits per heavy atom. The van der Waals surface area contributed by atoms with E-state index in [1.165, 1.54) is 38.6 Å². The second-order valence-electron chi connectivity index (χ2n) is 15.7. The zero-order valence-electron chi connectivity index (χ0n) is 31.5. The third-order valence-corrected chi connectivity index (χ3v) is 11.8. The van der Waals surface area contributed by atoms with E-state index in [1.54, 1.807) is 0 Å². The standard InChI is InChI=1S/C52H41NO2/c1-51(2)41-18-7-9-24-47(41)54-49-43(51)20-12-22-45(49)53(46-23-13-21-44-50(46)55-48-25-10-8-19-42(48)52(44,3)4)38-32-30-35(31-33-38)34-26-28-37(29-27-34)40-17-11-15-36-14-5-6-16-39(36)40/h5-33H,1-4H3. The molecule has 0 saturated heterocycles. The summed E-state index contributed by atoms with van der Waals surface area (Å²) >= 11 is 0. The summed E-state index contributed by atoms with van der Waals surface area (Å²) in [6.07, 6.45) is 0. The van der Waals surface area contributed by atoms with Gasteiger partial charge < -0.3 is 14.4 Å². The van der Waals surface area contributed by atoms with E-state index in [4.69, 9.17) is 9.47 Å². The smallest absolute Gasteiger partial charge is 0.155 e. The maximum Gasteiger partial charge on any atom is 0.155 e. The quantitative estimate of drug-likeness (QED) is 0.177. The molecule has 3 nitrogen and oxygen atoms in total.